The van der Waals surface area contributed by atoms with Gasteiger partial charge < -0.3 is 9.84 Å². The standard InChI is InChI=1S/C11H9ClO3/c12-8-6-9(15-11(8)14)10(13)7-4-2-1-3-5-7/h1-6,9-10,13H. The molecule has 0 bridgehead atoms. The predicted molar refractivity (Wildman–Crippen MR) is 55.2 cm³/mol. The fourth-order valence-electron chi connectivity index (χ4n) is 1.42. The number of rotatable bonds is 2. The van der Waals surface area contributed by atoms with Crippen LogP contribution in [-0.4, -0.2) is 17.2 Å². The number of ether oxygens (including phenoxy) is 1. The van der Waals surface area contributed by atoms with Crippen molar-refractivity contribution in [3.05, 3.63) is 47.0 Å². The third-order valence-electron chi connectivity index (χ3n) is 2.20. The molecule has 4 heteroatoms. The fourth-order valence-corrected chi connectivity index (χ4v) is 1.59. The zero-order valence-electron chi connectivity index (χ0n) is 7.76. The van der Waals surface area contributed by atoms with Gasteiger partial charge in [0.15, 0.2) is 6.10 Å². The molecule has 1 heterocycles. The lowest BCUT2D eigenvalue weighted by molar-refractivity contribution is -0.143. The molecule has 78 valence electrons. The predicted octanol–water partition coefficient (Wildman–Crippen LogP) is 1.77. The van der Waals surface area contributed by atoms with Crippen molar-refractivity contribution in [2.45, 2.75) is 12.2 Å². The van der Waals surface area contributed by atoms with E-state index in [4.69, 9.17) is 16.3 Å². The minimum absolute atomic E-state index is 0.0231. The molecule has 2 rings (SSSR count). The quantitative estimate of drug-likeness (QED) is 0.779. The molecule has 2 atom stereocenters. The number of esters is 1. The topological polar surface area (TPSA) is 46.5 Å². The van der Waals surface area contributed by atoms with Crippen LogP contribution in [0, 0.1) is 0 Å². The van der Waals surface area contributed by atoms with Gasteiger partial charge in [0.1, 0.15) is 11.1 Å². The summed E-state index contributed by atoms with van der Waals surface area (Å²) in [5, 5.41) is 9.90. The highest BCUT2D eigenvalue weighted by Crippen LogP contribution is 2.27. The van der Waals surface area contributed by atoms with Crippen LogP contribution in [0.5, 0.6) is 0 Å². The molecule has 1 N–H and O–H groups in total. The Bertz CT molecular complexity index is 400. The Morgan fingerprint density at radius 3 is 2.53 bits per heavy atom. The van der Waals surface area contributed by atoms with Crippen LogP contribution in [0.1, 0.15) is 11.7 Å². The lowest BCUT2D eigenvalue weighted by atomic mass is 10.1. The van der Waals surface area contributed by atoms with Gasteiger partial charge in [0.25, 0.3) is 0 Å². The van der Waals surface area contributed by atoms with Crippen LogP contribution in [0.3, 0.4) is 0 Å². The molecule has 1 aliphatic heterocycles. The summed E-state index contributed by atoms with van der Waals surface area (Å²) in [5.41, 5.74) is 0.693. The highest BCUT2D eigenvalue weighted by atomic mass is 35.5. The molecule has 1 aliphatic rings. The fraction of sp³-hybridized carbons (Fsp3) is 0.182. The molecule has 1 aromatic carbocycles. The van der Waals surface area contributed by atoms with Crippen molar-refractivity contribution in [2.75, 3.05) is 0 Å². The van der Waals surface area contributed by atoms with E-state index in [-0.39, 0.29) is 5.03 Å². The number of carbonyl (C=O) groups excluding carboxylic acids is 1. The van der Waals surface area contributed by atoms with Gasteiger partial charge in [-0.05, 0) is 11.6 Å². The molecule has 0 spiro atoms. The van der Waals surface area contributed by atoms with Crippen molar-refractivity contribution in [3.63, 3.8) is 0 Å². The van der Waals surface area contributed by atoms with E-state index in [1.165, 1.54) is 6.08 Å². The Labute approximate surface area is 91.9 Å². The van der Waals surface area contributed by atoms with Crippen molar-refractivity contribution < 1.29 is 14.6 Å². The maximum Gasteiger partial charge on any atom is 0.350 e. The van der Waals surface area contributed by atoms with Gasteiger partial charge in [-0.25, -0.2) is 4.79 Å². The van der Waals surface area contributed by atoms with Crippen LogP contribution in [0.15, 0.2) is 41.4 Å². The number of cyclic esters (lactones) is 1. The van der Waals surface area contributed by atoms with Gasteiger partial charge in [0, 0.05) is 0 Å². The van der Waals surface area contributed by atoms with Crippen molar-refractivity contribution in [3.8, 4) is 0 Å². The summed E-state index contributed by atoms with van der Waals surface area (Å²) >= 11 is 5.56. The molecule has 3 nitrogen and oxygen atoms in total. The summed E-state index contributed by atoms with van der Waals surface area (Å²) in [4.78, 5) is 11.0. The van der Waals surface area contributed by atoms with Gasteiger partial charge in [-0.2, -0.15) is 0 Å². The molecule has 0 aromatic heterocycles. The van der Waals surface area contributed by atoms with Crippen molar-refractivity contribution >= 4 is 17.6 Å². The Kier molecular flexibility index (Phi) is 2.75. The Morgan fingerprint density at radius 2 is 2.00 bits per heavy atom. The van der Waals surface area contributed by atoms with Gasteiger partial charge in [0.2, 0.25) is 0 Å². The summed E-state index contributed by atoms with van der Waals surface area (Å²) in [5.74, 6) is -0.586. The minimum Gasteiger partial charge on any atom is -0.451 e. The number of aliphatic hydroxyl groups is 1. The minimum atomic E-state index is -0.869. The lowest BCUT2D eigenvalue weighted by Gasteiger charge is -2.15. The van der Waals surface area contributed by atoms with Crippen LogP contribution in [0.4, 0.5) is 0 Å². The van der Waals surface area contributed by atoms with Crippen LogP contribution in [0.25, 0.3) is 0 Å². The van der Waals surface area contributed by atoms with Crippen LogP contribution in [-0.2, 0) is 9.53 Å². The van der Waals surface area contributed by atoms with E-state index in [9.17, 15) is 9.90 Å². The van der Waals surface area contributed by atoms with Crippen LogP contribution < -0.4 is 0 Å². The summed E-state index contributed by atoms with van der Waals surface area (Å²) in [6.07, 6.45) is -0.138. The molecule has 0 amide bonds. The second-order valence-electron chi connectivity index (χ2n) is 3.24. The molecular formula is C11H9ClO3. The number of aliphatic hydroxyl groups excluding tert-OH is 1. The van der Waals surface area contributed by atoms with E-state index in [2.05, 4.69) is 0 Å². The molecule has 0 radical (unpaired) electrons. The van der Waals surface area contributed by atoms with Crippen molar-refractivity contribution in [1.29, 1.82) is 0 Å². The van der Waals surface area contributed by atoms with Gasteiger partial charge in [-0.3, -0.25) is 0 Å². The van der Waals surface area contributed by atoms with Crippen LogP contribution in [0.2, 0.25) is 0 Å². The normalized spacial score (nSPS) is 22.1. The largest absolute Gasteiger partial charge is 0.451 e. The maximum atomic E-state index is 11.0. The average Bonchev–Trinajstić information content (AvgIpc) is 2.59. The first-order valence-electron chi connectivity index (χ1n) is 4.50. The zero-order valence-corrected chi connectivity index (χ0v) is 8.52. The first-order valence-corrected chi connectivity index (χ1v) is 4.87. The summed E-state index contributed by atoms with van der Waals surface area (Å²) in [6.45, 7) is 0. The first-order chi connectivity index (χ1) is 7.18. The van der Waals surface area contributed by atoms with Gasteiger partial charge in [-0.15, -0.1) is 0 Å². The molecule has 1 aromatic rings. The molecular weight excluding hydrogens is 216 g/mol. The highest BCUT2D eigenvalue weighted by Gasteiger charge is 2.30. The number of hydrogen-bond donors (Lipinski definition) is 1. The summed E-state index contributed by atoms with van der Waals surface area (Å²) in [7, 11) is 0. The van der Waals surface area contributed by atoms with Crippen molar-refractivity contribution in [1.82, 2.24) is 0 Å². The van der Waals surface area contributed by atoms with E-state index in [0.717, 1.165) is 0 Å². The maximum absolute atomic E-state index is 11.0. The highest BCUT2D eigenvalue weighted by molar-refractivity contribution is 6.41. The first kappa shape index (κ1) is 10.2. The van der Waals surface area contributed by atoms with E-state index in [0.29, 0.717) is 5.56 Å². The Morgan fingerprint density at radius 1 is 1.33 bits per heavy atom. The van der Waals surface area contributed by atoms with Gasteiger partial charge in [0.05, 0.1) is 0 Å². The molecule has 0 saturated carbocycles. The SMILES string of the molecule is O=C1OC(C(O)c2ccccc2)C=C1Cl. The number of carbonyl (C=O) groups is 1. The van der Waals surface area contributed by atoms with E-state index >= 15 is 0 Å². The van der Waals surface area contributed by atoms with E-state index < -0.39 is 18.2 Å². The number of halogens is 1. The number of hydrogen-bond acceptors (Lipinski definition) is 3. The van der Waals surface area contributed by atoms with Crippen LogP contribution >= 0.6 is 11.6 Å². The van der Waals surface area contributed by atoms with Gasteiger partial charge >= 0.3 is 5.97 Å². The monoisotopic (exact) mass is 224 g/mol. The summed E-state index contributed by atoms with van der Waals surface area (Å²) in [6, 6.07) is 8.98. The Balaban J connectivity index is 2.17. The third-order valence-corrected chi connectivity index (χ3v) is 2.48. The molecule has 0 aliphatic carbocycles. The smallest absolute Gasteiger partial charge is 0.350 e. The summed E-state index contributed by atoms with van der Waals surface area (Å²) < 4.78 is 4.88. The number of benzene rings is 1. The van der Waals surface area contributed by atoms with E-state index in [1.54, 1.807) is 24.3 Å². The molecule has 0 saturated heterocycles. The second kappa shape index (κ2) is 4.04. The molecule has 15 heavy (non-hydrogen) atoms. The van der Waals surface area contributed by atoms with Gasteiger partial charge in [-0.1, -0.05) is 41.9 Å². The van der Waals surface area contributed by atoms with Crippen molar-refractivity contribution in [2.24, 2.45) is 0 Å². The third kappa shape index (κ3) is 2.03. The Hall–Kier alpha value is -1.32. The zero-order chi connectivity index (χ0) is 10.8. The lowest BCUT2D eigenvalue weighted by Crippen LogP contribution is -2.18. The second-order valence-corrected chi connectivity index (χ2v) is 3.65. The van der Waals surface area contributed by atoms with E-state index in [1.807, 2.05) is 6.07 Å². The average molecular weight is 225 g/mol. The molecule has 0 fully saturated rings. The molecule has 2 unspecified atom stereocenters.